The number of carboxylic acid groups (broad SMARTS) is 1. The molecule has 15 heteroatoms. The van der Waals surface area contributed by atoms with Gasteiger partial charge in [0.15, 0.2) is 10.8 Å². The zero-order chi connectivity index (χ0) is 32.5. The number of ether oxygens (including phenoxy) is 1. The summed E-state index contributed by atoms with van der Waals surface area (Å²) in [5.41, 5.74) is 1.96. The number of aromatic nitrogens is 1. The molecule has 0 radical (unpaired) electrons. The van der Waals surface area contributed by atoms with Gasteiger partial charge in [-0.2, -0.15) is 0 Å². The first-order valence-electron chi connectivity index (χ1n) is 14.7. The van der Waals surface area contributed by atoms with Crippen molar-refractivity contribution < 1.29 is 33.0 Å². The number of aliphatic carboxylic acids is 1. The SMILES string of the molecule is COC(=O)C1=C(CN2CCN3C(=O)N(c4ccc(CCC(=O)O)cc4F)C[C@@H]3C2)NC(c2nccs2)=N[C@H]1C1=C(Cl)CC(F)C=C1. The van der Waals surface area contributed by atoms with Gasteiger partial charge < -0.3 is 20.1 Å². The van der Waals surface area contributed by atoms with Crippen LogP contribution in [-0.2, 0) is 20.7 Å². The molecule has 3 atom stereocenters. The van der Waals surface area contributed by atoms with Crippen molar-refractivity contribution in [3.05, 3.63) is 80.2 Å². The normalized spacial score (nSPS) is 23.4. The van der Waals surface area contributed by atoms with Crippen molar-refractivity contribution in [3.63, 3.8) is 0 Å². The Balaban J connectivity index is 1.24. The van der Waals surface area contributed by atoms with Crippen molar-refractivity contribution in [1.82, 2.24) is 20.1 Å². The average molecular weight is 673 g/mol. The number of urea groups is 1. The van der Waals surface area contributed by atoms with Crippen LogP contribution in [-0.4, -0.2) is 102 Å². The second-order valence-corrected chi connectivity index (χ2v) is 12.7. The number of aliphatic imine (C=N–C) groups is 1. The highest BCUT2D eigenvalue weighted by molar-refractivity contribution is 7.11. The number of hydrogen-bond donors (Lipinski definition) is 2. The molecule has 2 amide bonds. The number of benzene rings is 1. The monoisotopic (exact) mass is 672 g/mol. The van der Waals surface area contributed by atoms with Crippen molar-refractivity contribution >= 4 is 52.4 Å². The largest absolute Gasteiger partial charge is 0.481 e. The number of anilines is 1. The number of amides is 2. The van der Waals surface area contributed by atoms with E-state index in [2.05, 4.69) is 15.2 Å². The van der Waals surface area contributed by atoms with Crippen molar-refractivity contribution in [3.8, 4) is 0 Å². The minimum atomic E-state index is -1.24. The van der Waals surface area contributed by atoms with Crippen molar-refractivity contribution in [2.75, 3.05) is 44.7 Å². The number of thiazole rings is 1. The predicted molar refractivity (Wildman–Crippen MR) is 168 cm³/mol. The van der Waals surface area contributed by atoms with Crippen LogP contribution in [0, 0.1) is 5.82 Å². The number of piperazine rings is 1. The van der Waals surface area contributed by atoms with Crippen LogP contribution in [0.15, 0.2) is 68.8 Å². The molecule has 1 unspecified atom stereocenters. The van der Waals surface area contributed by atoms with E-state index in [1.165, 1.54) is 41.6 Å². The van der Waals surface area contributed by atoms with Gasteiger partial charge in [0.2, 0.25) is 0 Å². The number of nitrogens with zero attached hydrogens (tertiary/aromatic N) is 5. The van der Waals surface area contributed by atoms with Gasteiger partial charge in [-0.1, -0.05) is 23.7 Å². The minimum Gasteiger partial charge on any atom is -0.481 e. The Kier molecular flexibility index (Phi) is 9.20. The van der Waals surface area contributed by atoms with Gasteiger partial charge in [-0.15, -0.1) is 11.3 Å². The molecule has 0 saturated carbocycles. The first kappa shape index (κ1) is 31.8. The van der Waals surface area contributed by atoms with Gasteiger partial charge in [0.05, 0.1) is 24.4 Å². The molecule has 2 aromatic rings. The predicted octanol–water partition coefficient (Wildman–Crippen LogP) is 3.86. The quantitative estimate of drug-likeness (QED) is 0.385. The van der Waals surface area contributed by atoms with Gasteiger partial charge >= 0.3 is 18.0 Å². The molecule has 2 N–H and O–H groups in total. The number of aryl methyl sites for hydroxylation is 1. The Morgan fingerprint density at radius 2 is 2.09 bits per heavy atom. The van der Waals surface area contributed by atoms with E-state index in [1.807, 2.05) is 5.38 Å². The summed E-state index contributed by atoms with van der Waals surface area (Å²) in [5.74, 6) is -1.72. The number of carbonyl (C=O) groups is 3. The molecular weight excluding hydrogens is 642 g/mol. The number of allylic oxidation sites excluding steroid dienone is 2. The second kappa shape index (κ2) is 13.3. The Morgan fingerprint density at radius 1 is 1.26 bits per heavy atom. The zero-order valence-corrected chi connectivity index (χ0v) is 26.4. The van der Waals surface area contributed by atoms with Crippen molar-refractivity contribution in [2.45, 2.75) is 37.5 Å². The molecule has 3 aliphatic heterocycles. The van der Waals surface area contributed by atoms with Gasteiger partial charge in [0, 0.05) is 67.9 Å². The number of nitrogens with one attached hydrogen (secondary N) is 1. The topological polar surface area (TPSA) is 128 Å². The molecule has 0 bridgehead atoms. The lowest BCUT2D eigenvalue weighted by molar-refractivity contribution is -0.137. The Labute approximate surface area is 272 Å². The summed E-state index contributed by atoms with van der Waals surface area (Å²) in [6.07, 6.45) is 3.41. The number of hydrogen-bond acceptors (Lipinski definition) is 9. The zero-order valence-electron chi connectivity index (χ0n) is 24.8. The van der Waals surface area contributed by atoms with Gasteiger partial charge in [-0.05, 0) is 35.8 Å². The molecule has 6 rings (SSSR count). The molecule has 1 aromatic heterocycles. The number of methoxy groups -OCH3 is 1. The van der Waals surface area contributed by atoms with E-state index in [4.69, 9.17) is 26.4 Å². The molecule has 11 nitrogen and oxygen atoms in total. The lowest BCUT2D eigenvalue weighted by atomic mass is 9.91. The van der Waals surface area contributed by atoms with Crippen LogP contribution < -0.4 is 10.2 Å². The summed E-state index contributed by atoms with van der Waals surface area (Å²) in [6.45, 7) is 1.84. The highest BCUT2D eigenvalue weighted by Gasteiger charge is 2.43. The van der Waals surface area contributed by atoms with E-state index in [1.54, 1.807) is 23.2 Å². The third-order valence-corrected chi connectivity index (χ3v) is 9.53. The lowest BCUT2D eigenvalue weighted by Gasteiger charge is -2.38. The first-order valence-corrected chi connectivity index (χ1v) is 16.0. The molecular formula is C31H31ClF2N6O5S. The summed E-state index contributed by atoms with van der Waals surface area (Å²) < 4.78 is 34.4. The molecule has 4 heterocycles. The maximum atomic E-state index is 15.1. The van der Waals surface area contributed by atoms with Gasteiger partial charge in [0.25, 0.3) is 0 Å². The highest BCUT2D eigenvalue weighted by Crippen LogP contribution is 2.35. The summed E-state index contributed by atoms with van der Waals surface area (Å²) >= 11 is 7.90. The molecule has 2 saturated heterocycles. The van der Waals surface area contributed by atoms with E-state index >= 15 is 4.39 Å². The molecule has 1 aliphatic carbocycles. The number of carbonyl (C=O) groups excluding carboxylic acids is 2. The Morgan fingerprint density at radius 3 is 2.78 bits per heavy atom. The smallest absolute Gasteiger partial charge is 0.338 e. The molecule has 2 fully saturated rings. The number of esters is 1. The standard InChI is InChI=1S/C31H31ClF2N6O5S/c1-45-30(43)26-23(36-28(29-35-8-11-46-29)37-27(26)20-5-4-18(33)13-21(20)32)16-38-9-10-39-19(14-38)15-40(31(39)44)24-6-2-17(12-22(24)34)3-7-25(41)42/h2,4-6,8,11-12,18-19,27H,3,7,9-10,13-16H2,1H3,(H,36,37)(H,41,42)/t18?,19-,27-/m0/s1. The Hall–Kier alpha value is -4.14. The summed E-state index contributed by atoms with van der Waals surface area (Å²) in [5, 5.41) is 14.9. The van der Waals surface area contributed by atoms with Crippen LogP contribution in [0.3, 0.4) is 0 Å². The van der Waals surface area contributed by atoms with Crippen LogP contribution in [0.4, 0.5) is 19.3 Å². The number of halogens is 3. The molecule has 242 valence electrons. The summed E-state index contributed by atoms with van der Waals surface area (Å²) in [7, 11) is 1.28. The molecule has 46 heavy (non-hydrogen) atoms. The van der Waals surface area contributed by atoms with Crippen molar-refractivity contribution in [2.24, 2.45) is 4.99 Å². The third kappa shape index (κ3) is 6.42. The van der Waals surface area contributed by atoms with Gasteiger partial charge in [-0.25, -0.2) is 23.4 Å². The van der Waals surface area contributed by atoms with Crippen LogP contribution in [0.25, 0.3) is 0 Å². The number of fused-ring (bicyclic) bond motifs is 1. The van der Waals surface area contributed by atoms with E-state index in [9.17, 15) is 18.8 Å². The molecule has 1 aromatic carbocycles. The number of rotatable bonds is 9. The maximum Gasteiger partial charge on any atom is 0.338 e. The fraction of sp³-hybridized carbons (Fsp3) is 0.387. The third-order valence-electron chi connectivity index (χ3n) is 8.38. The number of amidine groups is 1. The van der Waals surface area contributed by atoms with Crippen LogP contribution in [0.2, 0.25) is 0 Å². The van der Waals surface area contributed by atoms with E-state index in [-0.39, 0.29) is 60.7 Å². The fourth-order valence-corrected chi connectivity index (χ4v) is 7.06. The van der Waals surface area contributed by atoms with E-state index in [0.717, 1.165) is 0 Å². The van der Waals surface area contributed by atoms with E-state index < -0.39 is 30.0 Å². The minimum absolute atomic E-state index is 0.0248. The second-order valence-electron chi connectivity index (χ2n) is 11.3. The first-order chi connectivity index (χ1) is 22.1. The highest BCUT2D eigenvalue weighted by atomic mass is 35.5. The van der Waals surface area contributed by atoms with Gasteiger partial charge in [0.1, 0.15) is 18.0 Å². The summed E-state index contributed by atoms with van der Waals surface area (Å²) in [4.78, 5) is 51.9. The van der Waals surface area contributed by atoms with E-state index in [0.29, 0.717) is 47.3 Å². The van der Waals surface area contributed by atoms with Crippen LogP contribution in [0.5, 0.6) is 0 Å². The Bertz CT molecular complexity index is 1680. The summed E-state index contributed by atoms with van der Waals surface area (Å²) in [6, 6.07) is 3.03. The van der Waals surface area contributed by atoms with Crippen molar-refractivity contribution in [1.29, 1.82) is 0 Å². The number of carboxylic acids is 1. The number of alkyl halides is 1. The van der Waals surface area contributed by atoms with Gasteiger partial charge in [-0.3, -0.25) is 19.6 Å². The van der Waals surface area contributed by atoms with Crippen LogP contribution in [0.1, 0.15) is 23.4 Å². The van der Waals surface area contributed by atoms with Crippen LogP contribution >= 0.6 is 22.9 Å². The lowest BCUT2D eigenvalue weighted by Crippen LogP contribution is -2.53. The molecule has 0 spiro atoms. The maximum absolute atomic E-state index is 15.1. The average Bonchev–Trinajstić information content (AvgIpc) is 3.68. The fourth-order valence-electron chi connectivity index (χ4n) is 6.16. The molecule has 4 aliphatic rings.